The third-order valence-electron chi connectivity index (χ3n) is 2.72. The molecule has 0 amide bonds. The highest BCUT2D eigenvalue weighted by Crippen LogP contribution is 2.49. The van der Waals surface area contributed by atoms with Gasteiger partial charge in [-0.2, -0.15) is 0 Å². The molecule has 0 spiro atoms. The van der Waals surface area contributed by atoms with E-state index in [9.17, 15) is 4.79 Å². The Bertz CT molecular complexity index is 348. The van der Waals surface area contributed by atoms with Crippen molar-refractivity contribution < 1.29 is 9.90 Å². The SMILES string of the molecule is NC(C(=O)O)C1(c2cnccn2)CC1. The molecule has 1 aliphatic carbocycles. The van der Waals surface area contributed by atoms with Crippen LogP contribution in [0, 0.1) is 0 Å². The predicted molar refractivity (Wildman–Crippen MR) is 48.6 cm³/mol. The summed E-state index contributed by atoms with van der Waals surface area (Å²) in [6.45, 7) is 0. The monoisotopic (exact) mass is 193 g/mol. The van der Waals surface area contributed by atoms with Crippen LogP contribution in [0.1, 0.15) is 18.5 Å². The predicted octanol–water partition coefficient (Wildman–Crippen LogP) is -0.0799. The van der Waals surface area contributed by atoms with Crippen molar-refractivity contribution >= 4 is 5.97 Å². The van der Waals surface area contributed by atoms with Crippen molar-refractivity contribution in [2.75, 3.05) is 0 Å². The van der Waals surface area contributed by atoms with E-state index in [-0.39, 0.29) is 0 Å². The molecule has 5 nitrogen and oxygen atoms in total. The minimum absolute atomic E-state index is 0.472. The highest BCUT2D eigenvalue weighted by molar-refractivity contribution is 5.76. The fourth-order valence-corrected chi connectivity index (χ4v) is 1.65. The van der Waals surface area contributed by atoms with Crippen LogP contribution in [-0.4, -0.2) is 27.1 Å². The fourth-order valence-electron chi connectivity index (χ4n) is 1.65. The van der Waals surface area contributed by atoms with Crippen LogP contribution in [0.25, 0.3) is 0 Å². The number of aromatic nitrogens is 2. The summed E-state index contributed by atoms with van der Waals surface area (Å²) in [5.41, 5.74) is 5.84. The van der Waals surface area contributed by atoms with E-state index in [1.807, 2.05) is 0 Å². The largest absolute Gasteiger partial charge is 0.480 e. The van der Waals surface area contributed by atoms with Crippen LogP contribution < -0.4 is 5.73 Å². The highest BCUT2D eigenvalue weighted by Gasteiger charge is 2.53. The molecule has 0 saturated heterocycles. The third kappa shape index (κ3) is 1.26. The van der Waals surface area contributed by atoms with E-state index in [4.69, 9.17) is 10.8 Å². The van der Waals surface area contributed by atoms with Gasteiger partial charge < -0.3 is 10.8 Å². The summed E-state index contributed by atoms with van der Waals surface area (Å²) < 4.78 is 0. The van der Waals surface area contributed by atoms with E-state index in [1.54, 1.807) is 18.6 Å². The zero-order valence-corrected chi connectivity index (χ0v) is 7.55. The van der Waals surface area contributed by atoms with Gasteiger partial charge in [-0.05, 0) is 12.8 Å². The first-order valence-electron chi connectivity index (χ1n) is 4.42. The van der Waals surface area contributed by atoms with Crippen LogP contribution in [0.15, 0.2) is 18.6 Å². The van der Waals surface area contributed by atoms with E-state index in [0.717, 1.165) is 12.8 Å². The Hall–Kier alpha value is -1.49. The molecule has 1 fully saturated rings. The Morgan fingerprint density at radius 3 is 2.71 bits per heavy atom. The van der Waals surface area contributed by atoms with Gasteiger partial charge in [0.25, 0.3) is 0 Å². The number of hydrogen-bond donors (Lipinski definition) is 2. The zero-order chi connectivity index (χ0) is 10.2. The molecule has 0 aliphatic heterocycles. The van der Waals surface area contributed by atoms with Gasteiger partial charge in [-0.25, -0.2) is 0 Å². The van der Waals surface area contributed by atoms with Crippen molar-refractivity contribution in [3.8, 4) is 0 Å². The first kappa shape index (κ1) is 9.08. The molecule has 1 unspecified atom stereocenters. The van der Waals surface area contributed by atoms with Crippen LogP contribution in [0.5, 0.6) is 0 Å². The summed E-state index contributed by atoms with van der Waals surface area (Å²) in [7, 11) is 0. The van der Waals surface area contributed by atoms with Gasteiger partial charge in [0.05, 0.1) is 5.69 Å². The van der Waals surface area contributed by atoms with Crippen molar-refractivity contribution in [1.29, 1.82) is 0 Å². The Kier molecular flexibility index (Phi) is 1.96. The lowest BCUT2D eigenvalue weighted by molar-refractivity contribution is -0.139. The minimum Gasteiger partial charge on any atom is -0.480 e. The zero-order valence-electron chi connectivity index (χ0n) is 7.55. The number of carboxylic acids is 1. The molecule has 0 radical (unpaired) electrons. The second-order valence-electron chi connectivity index (χ2n) is 3.56. The Balaban J connectivity index is 2.30. The first-order chi connectivity index (χ1) is 6.67. The maximum absolute atomic E-state index is 10.8. The van der Waals surface area contributed by atoms with Crippen LogP contribution in [0.2, 0.25) is 0 Å². The topological polar surface area (TPSA) is 89.1 Å². The second kappa shape index (κ2) is 3.02. The van der Waals surface area contributed by atoms with Crippen LogP contribution in [0.4, 0.5) is 0 Å². The van der Waals surface area contributed by atoms with Gasteiger partial charge >= 0.3 is 5.97 Å². The third-order valence-corrected chi connectivity index (χ3v) is 2.72. The smallest absolute Gasteiger partial charge is 0.321 e. The molecule has 1 aromatic rings. The Labute approximate surface area is 81.0 Å². The number of nitrogens with two attached hydrogens (primary N) is 1. The molecule has 2 rings (SSSR count). The average Bonchev–Trinajstić information content (AvgIpc) is 2.99. The van der Waals surface area contributed by atoms with Gasteiger partial charge in [0.2, 0.25) is 0 Å². The lowest BCUT2D eigenvalue weighted by Crippen LogP contribution is -2.42. The Morgan fingerprint density at radius 2 is 2.29 bits per heavy atom. The Morgan fingerprint density at radius 1 is 1.57 bits per heavy atom. The summed E-state index contributed by atoms with van der Waals surface area (Å²) in [6, 6.07) is -0.876. The van der Waals surface area contributed by atoms with Crippen LogP contribution in [-0.2, 0) is 10.2 Å². The number of carbonyl (C=O) groups is 1. The molecular weight excluding hydrogens is 182 g/mol. The van der Waals surface area contributed by atoms with Gasteiger partial charge in [-0.15, -0.1) is 0 Å². The summed E-state index contributed by atoms with van der Waals surface area (Å²) in [5, 5.41) is 8.85. The number of hydrogen-bond acceptors (Lipinski definition) is 4. The molecule has 1 aliphatic rings. The van der Waals surface area contributed by atoms with E-state index < -0.39 is 17.4 Å². The quantitative estimate of drug-likeness (QED) is 0.700. The molecule has 3 N–H and O–H groups in total. The van der Waals surface area contributed by atoms with Crippen molar-refractivity contribution in [2.45, 2.75) is 24.3 Å². The summed E-state index contributed by atoms with van der Waals surface area (Å²) >= 11 is 0. The summed E-state index contributed by atoms with van der Waals surface area (Å²) in [5.74, 6) is -0.979. The number of rotatable bonds is 3. The van der Waals surface area contributed by atoms with Crippen LogP contribution in [0.3, 0.4) is 0 Å². The van der Waals surface area contributed by atoms with Crippen molar-refractivity contribution in [1.82, 2.24) is 9.97 Å². The molecule has 1 saturated carbocycles. The van der Waals surface area contributed by atoms with Gasteiger partial charge in [-0.3, -0.25) is 14.8 Å². The van der Waals surface area contributed by atoms with E-state index in [2.05, 4.69) is 9.97 Å². The van der Waals surface area contributed by atoms with Gasteiger partial charge in [0, 0.05) is 24.0 Å². The minimum atomic E-state index is -0.979. The molecule has 5 heteroatoms. The maximum Gasteiger partial charge on any atom is 0.321 e. The van der Waals surface area contributed by atoms with E-state index in [1.165, 1.54) is 0 Å². The summed E-state index contributed by atoms with van der Waals surface area (Å²) in [4.78, 5) is 18.8. The summed E-state index contributed by atoms with van der Waals surface area (Å²) in [6.07, 6.45) is 6.27. The highest BCUT2D eigenvalue weighted by atomic mass is 16.4. The number of nitrogens with zero attached hydrogens (tertiary/aromatic N) is 2. The number of carboxylic acid groups (broad SMARTS) is 1. The first-order valence-corrected chi connectivity index (χ1v) is 4.42. The van der Waals surface area contributed by atoms with Gasteiger partial charge in [0.1, 0.15) is 6.04 Å². The van der Waals surface area contributed by atoms with Crippen LogP contribution >= 0.6 is 0 Å². The van der Waals surface area contributed by atoms with Crippen molar-refractivity contribution in [3.05, 3.63) is 24.3 Å². The van der Waals surface area contributed by atoms with E-state index in [0.29, 0.717) is 5.69 Å². The van der Waals surface area contributed by atoms with E-state index >= 15 is 0 Å². The molecule has 1 atom stereocenters. The van der Waals surface area contributed by atoms with Crippen molar-refractivity contribution in [2.24, 2.45) is 5.73 Å². The molecule has 14 heavy (non-hydrogen) atoms. The molecule has 74 valence electrons. The molecular formula is C9H11N3O2. The molecule has 0 bridgehead atoms. The second-order valence-corrected chi connectivity index (χ2v) is 3.56. The normalized spacial score (nSPS) is 20.1. The number of aliphatic carboxylic acids is 1. The van der Waals surface area contributed by atoms with Crippen molar-refractivity contribution in [3.63, 3.8) is 0 Å². The maximum atomic E-state index is 10.8. The van der Waals surface area contributed by atoms with Gasteiger partial charge in [-0.1, -0.05) is 0 Å². The molecule has 1 heterocycles. The molecule has 1 aromatic heterocycles. The lowest BCUT2D eigenvalue weighted by Gasteiger charge is -2.18. The lowest BCUT2D eigenvalue weighted by atomic mass is 9.93. The standard InChI is InChI=1S/C9H11N3O2/c10-7(8(13)14)9(1-2-9)6-5-11-3-4-12-6/h3-5,7H,1-2,10H2,(H,13,14). The molecule has 0 aromatic carbocycles. The average molecular weight is 193 g/mol. The van der Waals surface area contributed by atoms with Gasteiger partial charge in [0.15, 0.2) is 0 Å². The fraction of sp³-hybridized carbons (Fsp3) is 0.444.